The summed E-state index contributed by atoms with van der Waals surface area (Å²) in [6.07, 6.45) is 1.99. The van der Waals surface area contributed by atoms with E-state index in [1.807, 2.05) is 74.5 Å². The third-order valence-electron chi connectivity index (χ3n) is 6.69. The number of guanidine groups is 2. The van der Waals surface area contributed by atoms with Crippen molar-refractivity contribution in [1.82, 2.24) is 19.9 Å². The molecule has 0 aliphatic carbocycles. The predicted molar refractivity (Wildman–Crippen MR) is 155 cm³/mol. The Morgan fingerprint density at radius 2 is 1.57 bits per heavy atom. The molecule has 2 aromatic heterocycles. The number of hydrogen-bond donors (Lipinski definition) is 4. The van der Waals surface area contributed by atoms with Gasteiger partial charge in [-0.25, -0.2) is 4.98 Å². The molecule has 0 aliphatic heterocycles. The molecule has 0 saturated carbocycles. The number of rotatable bonds is 4. The number of aromatic amines is 2. The molecule has 37 heavy (non-hydrogen) atoms. The number of benzene rings is 3. The molecule has 188 valence electrons. The minimum atomic E-state index is 0.428. The lowest BCUT2D eigenvalue weighted by Gasteiger charge is -2.25. The van der Waals surface area contributed by atoms with Crippen LogP contribution in [0.5, 0.6) is 0 Å². The summed E-state index contributed by atoms with van der Waals surface area (Å²) in [5.74, 6) is 1.67. The first-order chi connectivity index (χ1) is 17.8. The lowest BCUT2D eigenvalue weighted by molar-refractivity contribution is 0.603. The highest BCUT2D eigenvalue weighted by Crippen LogP contribution is 2.33. The van der Waals surface area contributed by atoms with Crippen LogP contribution < -0.4 is 15.5 Å². The molecule has 0 fully saturated rings. The Hall–Kier alpha value is -4.79. The van der Waals surface area contributed by atoms with Crippen LogP contribution in [0.25, 0.3) is 44.5 Å². The van der Waals surface area contributed by atoms with Gasteiger partial charge in [-0.2, -0.15) is 0 Å². The Balaban J connectivity index is 1.48. The van der Waals surface area contributed by atoms with Crippen LogP contribution in [0.15, 0.2) is 71.9 Å². The lowest BCUT2D eigenvalue weighted by atomic mass is 10.0. The third-order valence-corrected chi connectivity index (χ3v) is 6.69. The molecule has 9 heteroatoms. The molecule has 5 aromatic rings. The molecule has 5 N–H and O–H groups in total. The first-order valence-corrected chi connectivity index (χ1v) is 11.9. The smallest absolute Gasteiger partial charge is 0.197 e. The van der Waals surface area contributed by atoms with Gasteiger partial charge in [0.25, 0.3) is 0 Å². The van der Waals surface area contributed by atoms with Crippen LogP contribution in [0.1, 0.15) is 0 Å². The number of nitrogens with zero attached hydrogens (tertiary/aromatic N) is 5. The van der Waals surface area contributed by atoms with E-state index in [0.717, 1.165) is 55.8 Å². The molecular weight excluding hydrogens is 462 g/mol. The second-order valence-electron chi connectivity index (χ2n) is 9.21. The molecule has 2 heterocycles. The van der Waals surface area contributed by atoms with Gasteiger partial charge in [-0.3, -0.25) is 10.4 Å². The van der Waals surface area contributed by atoms with E-state index in [4.69, 9.17) is 16.1 Å². The molecule has 0 unspecified atom stereocenters. The maximum atomic E-state index is 8.21. The minimum Gasteiger partial charge on any atom is -0.370 e. The standard InChI is InChI=1S/C28H31N9/c1-31-27(29)36(4)20-11-13-24-25(15-20)34-26(33-24)22-16-32-23-12-8-18(14-21(22)23)17-6-9-19(10-7-17)37(5)28(30)35(2)3/h6-16,30,32H,1-5H3,(H2,29,31)(H,33,34). The van der Waals surface area contributed by atoms with Crippen molar-refractivity contribution in [2.24, 2.45) is 10.7 Å². The van der Waals surface area contributed by atoms with Gasteiger partial charge in [0.1, 0.15) is 5.82 Å². The second kappa shape index (κ2) is 9.34. The van der Waals surface area contributed by atoms with E-state index >= 15 is 0 Å². The molecule has 0 amide bonds. The van der Waals surface area contributed by atoms with Crippen molar-refractivity contribution >= 4 is 45.2 Å². The quantitative estimate of drug-likeness (QED) is 0.214. The lowest BCUT2D eigenvalue weighted by Crippen LogP contribution is -2.37. The first-order valence-electron chi connectivity index (χ1n) is 11.9. The van der Waals surface area contributed by atoms with Crippen LogP contribution in [0.2, 0.25) is 0 Å². The fourth-order valence-electron chi connectivity index (χ4n) is 4.41. The second-order valence-corrected chi connectivity index (χ2v) is 9.21. The van der Waals surface area contributed by atoms with Gasteiger partial charge in [-0.1, -0.05) is 18.2 Å². The number of hydrogen-bond acceptors (Lipinski definition) is 3. The van der Waals surface area contributed by atoms with Gasteiger partial charge in [0, 0.05) is 69.3 Å². The number of aliphatic imine (C=N–C) groups is 1. The minimum absolute atomic E-state index is 0.428. The number of fused-ring (bicyclic) bond motifs is 2. The molecule has 3 aromatic carbocycles. The van der Waals surface area contributed by atoms with E-state index in [-0.39, 0.29) is 0 Å². The Morgan fingerprint density at radius 1 is 0.865 bits per heavy atom. The monoisotopic (exact) mass is 493 g/mol. The zero-order valence-corrected chi connectivity index (χ0v) is 21.7. The number of aromatic nitrogens is 3. The topological polar surface area (TPSA) is 116 Å². The molecule has 0 aliphatic rings. The highest BCUT2D eigenvalue weighted by Gasteiger charge is 2.14. The number of nitrogens with two attached hydrogens (primary N) is 1. The van der Waals surface area contributed by atoms with Gasteiger partial charge in [0.05, 0.1) is 11.0 Å². The molecule has 0 radical (unpaired) electrons. The van der Waals surface area contributed by atoms with Crippen LogP contribution in [0.3, 0.4) is 0 Å². The summed E-state index contributed by atoms with van der Waals surface area (Å²) in [6.45, 7) is 0. The van der Waals surface area contributed by atoms with Crippen molar-refractivity contribution in [2.45, 2.75) is 0 Å². The third kappa shape index (κ3) is 4.35. The van der Waals surface area contributed by atoms with Gasteiger partial charge in [0.2, 0.25) is 0 Å². The zero-order valence-electron chi connectivity index (χ0n) is 21.7. The van der Waals surface area contributed by atoms with Crippen molar-refractivity contribution < 1.29 is 0 Å². The average molecular weight is 494 g/mol. The zero-order chi connectivity index (χ0) is 26.3. The molecule has 0 atom stereocenters. The molecule has 5 rings (SSSR count). The van der Waals surface area contributed by atoms with E-state index in [2.05, 4.69) is 45.3 Å². The van der Waals surface area contributed by atoms with E-state index in [9.17, 15) is 0 Å². The number of nitrogens with one attached hydrogen (secondary N) is 3. The number of imidazole rings is 1. The van der Waals surface area contributed by atoms with E-state index in [1.54, 1.807) is 11.9 Å². The normalized spacial score (nSPS) is 11.8. The van der Waals surface area contributed by atoms with Crippen LogP contribution >= 0.6 is 0 Å². The Labute approximate surface area is 215 Å². The van der Waals surface area contributed by atoms with Gasteiger partial charge in [0.15, 0.2) is 11.9 Å². The van der Waals surface area contributed by atoms with E-state index < -0.39 is 0 Å². The Bertz CT molecular complexity index is 1620. The fourth-order valence-corrected chi connectivity index (χ4v) is 4.41. The predicted octanol–water partition coefficient (Wildman–Crippen LogP) is 4.69. The molecular formula is C28H31N9. The van der Waals surface area contributed by atoms with Crippen LogP contribution in [-0.2, 0) is 0 Å². The SMILES string of the molecule is CN=C(N)N(C)c1ccc2nc(-c3c[nH]c4ccc(-c5ccc(N(C)C(=N)N(C)C)cc5)cc34)[nH]c2c1. The highest BCUT2D eigenvalue weighted by molar-refractivity contribution is 5.99. The summed E-state index contributed by atoms with van der Waals surface area (Å²) in [5.41, 5.74) is 14.0. The molecule has 9 nitrogen and oxygen atoms in total. The molecule has 0 spiro atoms. The van der Waals surface area contributed by atoms with E-state index in [1.165, 1.54) is 0 Å². The fraction of sp³-hybridized carbons (Fsp3) is 0.179. The van der Waals surface area contributed by atoms with Crippen LogP contribution in [0, 0.1) is 5.41 Å². The maximum absolute atomic E-state index is 8.21. The Kier molecular flexibility index (Phi) is 6.04. The largest absolute Gasteiger partial charge is 0.370 e. The summed E-state index contributed by atoms with van der Waals surface area (Å²) < 4.78 is 0. The Morgan fingerprint density at radius 3 is 2.27 bits per heavy atom. The van der Waals surface area contributed by atoms with Gasteiger partial charge in [-0.05, 0) is 53.6 Å². The van der Waals surface area contributed by atoms with E-state index in [0.29, 0.717) is 11.9 Å². The van der Waals surface area contributed by atoms with Crippen molar-refractivity contribution in [3.8, 4) is 22.5 Å². The summed E-state index contributed by atoms with van der Waals surface area (Å²) in [6, 6.07) is 20.7. The first kappa shape index (κ1) is 23.9. The van der Waals surface area contributed by atoms with Crippen molar-refractivity contribution in [3.05, 3.63) is 66.9 Å². The van der Waals surface area contributed by atoms with Crippen LogP contribution in [-0.4, -0.2) is 67.0 Å². The van der Waals surface area contributed by atoms with Gasteiger partial charge < -0.3 is 30.4 Å². The summed E-state index contributed by atoms with van der Waals surface area (Å²) in [7, 11) is 9.20. The molecule has 0 saturated heterocycles. The van der Waals surface area contributed by atoms with Gasteiger partial charge >= 0.3 is 0 Å². The summed E-state index contributed by atoms with van der Waals surface area (Å²) in [4.78, 5) is 21.2. The van der Waals surface area contributed by atoms with Crippen molar-refractivity contribution in [3.63, 3.8) is 0 Å². The van der Waals surface area contributed by atoms with Crippen LogP contribution in [0.4, 0.5) is 11.4 Å². The maximum Gasteiger partial charge on any atom is 0.197 e. The van der Waals surface area contributed by atoms with Crippen molar-refractivity contribution in [1.29, 1.82) is 5.41 Å². The summed E-state index contributed by atoms with van der Waals surface area (Å²) in [5, 5.41) is 9.30. The number of H-pyrrole nitrogens is 2. The highest BCUT2D eigenvalue weighted by atomic mass is 15.3. The summed E-state index contributed by atoms with van der Waals surface area (Å²) >= 11 is 0. The molecule has 0 bridgehead atoms. The van der Waals surface area contributed by atoms with Crippen molar-refractivity contribution in [2.75, 3.05) is 45.0 Å². The van der Waals surface area contributed by atoms with Gasteiger partial charge in [-0.15, -0.1) is 0 Å². The number of anilines is 2. The average Bonchev–Trinajstić information content (AvgIpc) is 3.54.